The number of Topliss-reactive ketones (excluding diaryl/α,β-unsaturated/α-hetero) is 1. The molecule has 0 bridgehead atoms. The molecule has 1 fully saturated rings. The van der Waals surface area contributed by atoms with E-state index in [9.17, 15) is 22.8 Å². The van der Waals surface area contributed by atoms with E-state index in [0.717, 1.165) is 49.9 Å². The first kappa shape index (κ1) is 21.2. The van der Waals surface area contributed by atoms with Crippen molar-refractivity contribution in [2.75, 3.05) is 0 Å². The minimum absolute atomic E-state index is 0.0244. The summed E-state index contributed by atoms with van der Waals surface area (Å²) in [6.07, 6.45) is 0.166. The van der Waals surface area contributed by atoms with Gasteiger partial charge < -0.3 is 4.90 Å². The monoisotopic (exact) mass is 413 g/mol. The van der Waals surface area contributed by atoms with E-state index < -0.39 is 17.6 Å². The van der Waals surface area contributed by atoms with Crippen molar-refractivity contribution >= 4 is 23.5 Å². The van der Waals surface area contributed by atoms with E-state index in [2.05, 4.69) is 0 Å². The number of alkyl halides is 3. The van der Waals surface area contributed by atoms with E-state index in [1.54, 1.807) is 11.8 Å². The number of carbonyl (C=O) groups is 2. The molecule has 3 nitrogen and oxygen atoms in total. The summed E-state index contributed by atoms with van der Waals surface area (Å²) in [5, 5.41) is -0.371. The number of halogens is 3. The standard InChI is InChI=1S/C21H26F3NO2S/c1-12(2)25(15-7-5-4-6-8-15)20(27)16-9-14-10-18(26)13(3)28-19(14)11-17(16)21(22,23)24/h9,11-13,15H,4-8,10H2,1-3H3. The van der Waals surface area contributed by atoms with Crippen molar-refractivity contribution in [3.63, 3.8) is 0 Å². The van der Waals surface area contributed by atoms with Crippen molar-refractivity contribution in [2.45, 2.75) is 87.7 Å². The minimum atomic E-state index is -4.62. The number of ketones is 1. The Labute approximate surface area is 168 Å². The van der Waals surface area contributed by atoms with Gasteiger partial charge in [0.1, 0.15) is 5.78 Å². The molecule has 0 saturated heterocycles. The number of benzene rings is 1. The van der Waals surface area contributed by atoms with Crippen LogP contribution in [-0.2, 0) is 17.4 Å². The molecular formula is C21H26F3NO2S. The lowest BCUT2D eigenvalue weighted by Crippen LogP contribution is -2.46. The summed E-state index contributed by atoms with van der Waals surface area (Å²) in [7, 11) is 0. The third-order valence-electron chi connectivity index (χ3n) is 5.62. The number of hydrogen-bond acceptors (Lipinski definition) is 3. The molecular weight excluding hydrogens is 387 g/mol. The highest BCUT2D eigenvalue weighted by atomic mass is 32.2. The van der Waals surface area contributed by atoms with Gasteiger partial charge in [0.2, 0.25) is 0 Å². The van der Waals surface area contributed by atoms with E-state index in [4.69, 9.17) is 0 Å². The van der Waals surface area contributed by atoms with Crippen LogP contribution in [0.5, 0.6) is 0 Å². The van der Waals surface area contributed by atoms with E-state index >= 15 is 0 Å². The van der Waals surface area contributed by atoms with E-state index in [1.807, 2.05) is 13.8 Å². The van der Waals surface area contributed by atoms with Crippen LogP contribution in [0, 0.1) is 0 Å². The Hall–Kier alpha value is -1.50. The highest BCUT2D eigenvalue weighted by molar-refractivity contribution is 8.00. The van der Waals surface area contributed by atoms with Gasteiger partial charge in [0.05, 0.1) is 16.4 Å². The van der Waals surface area contributed by atoms with Crippen LogP contribution in [-0.4, -0.2) is 33.9 Å². The average molecular weight is 414 g/mol. The third kappa shape index (κ3) is 4.24. The van der Waals surface area contributed by atoms with Crippen LogP contribution < -0.4 is 0 Å². The Bertz CT molecular complexity index is 770. The van der Waals surface area contributed by atoms with E-state index in [0.29, 0.717) is 10.5 Å². The molecule has 154 valence electrons. The summed E-state index contributed by atoms with van der Waals surface area (Å²) in [6, 6.07) is 2.16. The van der Waals surface area contributed by atoms with E-state index in [-0.39, 0.29) is 35.1 Å². The Morgan fingerprint density at radius 2 is 1.82 bits per heavy atom. The van der Waals surface area contributed by atoms with Gasteiger partial charge in [-0.2, -0.15) is 13.2 Å². The molecule has 7 heteroatoms. The van der Waals surface area contributed by atoms with Crippen LogP contribution in [0.2, 0.25) is 0 Å². The highest BCUT2D eigenvalue weighted by Crippen LogP contribution is 2.41. The fourth-order valence-electron chi connectivity index (χ4n) is 4.19. The molecule has 1 atom stereocenters. The van der Waals surface area contributed by atoms with Crippen molar-refractivity contribution in [3.05, 3.63) is 28.8 Å². The lowest BCUT2D eigenvalue weighted by atomic mass is 9.91. The van der Waals surface area contributed by atoms with Crippen molar-refractivity contribution in [1.29, 1.82) is 0 Å². The minimum Gasteiger partial charge on any atom is -0.333 e. The second-order valence-electron chi connectivity index (χ2n) is 8.00. The second kappa shape index (κ2) is 8.09. The normalized spacial score (nSPS) is 21.0. The Morgan fingerprint density at radius 1 is 1.18 bits per heavy atom. The largest absolute Gasteiger partial charge is 0.417 e. The van der Waals surface area contributed by atoms with Gasteiger partial charge in [-0.05, 0) is 51.3 Å². The Kier molecular flexibility index (Phi) is 6.13. The number of amides is 1. The maximum absolute atomic E-state index is 13.8. The van der Waals surface area contributed by atoms with E-state index in [1.165, 1.54) is 6.07 Å². The quantitative estimate of drug-likeness (QED) is 0.657. The van der Waals surface area contributed by atoms with Gasteiger partial charge in [0, 0.05) is 23.4 Å². The summed E-state index contributed by atoms with van der Waals surface area (Å²) >= 11 is 1.14. The molecule has 1 heterocycles. The first-order valence-electron chi connectivity index (χ1n) is 9.85. The Morgan fingerprint density at radius 3 is 2.39 bits per heavy atom. The predicted molar refractivity (Wildman–Crippen MR) is 104 cm³/mol. The fourth-order valence-corrected chi connectivity index (χ4v) is 5.26. The molecule has 1 aliphatic carbocycles. The molecule has 1 aromatic rings. The summed E-state index contributed by atoms with van der Waals surface area (Å²) < 4.78 is 41.4. The van der Waals surface area contributed by atoms with Gasteiger partial charge in [-0.15, -0.1) is 11.8 Å². The molecule has 1 saturated carbocycles. The molecule has 0 aromatic heterocycles. The van der Waals surface area contributed by atoms with Gasteiger partial charge in [-0.25, -0.2) is 0 Å². The topological polar surface area (TPSA) is 37.4 Å². The second-order valence-corrected chi connectivity index (χ2v) is 9.39. The molecule has 1 unspecified atom stereocenters. The molecule has 3 rings (SSSR count). The lowest BCUT2D eigenvalue weighted by Gasteiger charge is -2.38. The summed E-state index contributed by atoms with van der Waals surface area (Å²) in [6.45, 7) is 5.39. The molecule has 28 heavy (non-hydrogen) atoms. The maximum atomic E-state index is 13.8. The smallest absolute Gasteiger partial charge is 0.333 e. The van der Waals surface area contributed by atoms with Crippen molar-refractivity contribution in [3.8, 4) is 0 Å². The zero-order chi connectivity index (χ0) is 20.6. The van der Waals surface area contributed by atoms with Crippen LogP contribution >= 0.6 is 11.8 Å². The zero-order valence-corrected chi connectivity index (χ0v) is 17.3. The van der Waals surface area contributed by atoms with Gasteiger partial charge in [0.15, 0.2) is 0 Å². The molecule has 1 aliphatic heterocycles. The van der Waals surface area contributed by atoms with Gasteiger partial charge in [0.25, 0.3) is 5.91 Å². The first-order chi connectivity index (χ1) is 13.1. The molecule has 1 amide bonds. The summed E-state index contributed by atoms with van der Waals surface area (Å²) in [4.78, 5) is 27.5. The SMILES string of the molecule is CC1Sc2cc(C(F)(F)F)c(C(=O)N(C(C)C)C3CCCCC3)cc2CC1=O. The number of fused-ring (bicyclic) bond motifs is 1. The number of carbonyl (C=O) groups excluding carboxylic acids is 2. The number of thioether (sulfide) groups is 1. The first-order valence-corrected chi connectivity index (χ1v) is 10.7. The lowest BCUT2D eigenvalue weighted by molar-refractivity contribution is -0.138. The average Bonchev–Trinajstić information content (AvgIpc) is 2.61. The summed E-state index contributed by atoms with van der Waals surface area (Å²) in [5.41, 5.74) is -0.697. The maximum Gasteiger partial charge on any atom is 0.417 e. The Balaban J connectivity index is 2.06. The molecule has 2 aliphatic rings. The van der Waals surface area contributed by atoms with Crippen LogP contribution in [0.3, 0.4) is 0 Å². The van der Waals surface area contributed by atoms with Gasteiger partial charge >= 0.3 is 6.18 Å². The number of hydrogen-bond donors (Lipinski definition) is 0. The van der Waals surface area contributed by atoms with Crippen molar-refractivity contribution in [1.82, 2.24) is 4.90 Å². The third-order valence-corrected chi connectivity index (χ3v) is 6.87. The fraction of sp³-hybridized carbons (Fsp3) is 0.619. The van der Waals surface area contributed by atoms with Crippen LogP contribution in [0.1, 0.15) is 74.4 Å². The molecule has 0 N–H and O–H groups in total. The zero-order valence-electron chi connectivity index (χ0n) is 16.4. The van der Waals surface area contributed by atoms with Crippen LogP contribution in [0.15, 0.2) is 17.0 Å². The predicted octanol–water partition coefficient (Wildman–Crippen LogP) is 5.49. The van der Waals surface area contributed by atoms with Crippen LogP contribution in [0.4, 0.5) is 13.2 Å². The molecule has 0 radical (unpaired) electrons. The molecule has 1 aromatic carbocycles. The van der Waals surface area contributed by atoms with Gasteiger partial charge in [-0.3, -0.25) is 9.59 Å². The van der Waals surface area contributed by atoms with Gasteiger partial charge in [-0.1, -0.05) is 19.3 Å². The van der Waals surface area contributed by atoms with Crippen molar-refractivity contribution < 1.29 is 22.8 Å². The number of nitrogens with zero attached hydrogens (tertiary/aromatic N) is 1. The number of rotatable bonds is 3. The van der Waals surface area contributed by atoms with Crippen LogP contribution in [0.25, 0.3) is 0 Å². The molecule has 0 spiro atoms. The highest BCUT2D eigenvalue weighted by Gasteiger charge is 2.40. The van der Waals surface area contributed by atoms with Crippen molar-refractivity contribution in [2.24, 2.45) is 0 Å². The summed E-state index contributed by atoms with van der Waals surface area (Å²) in [5.74, 6) is -0.600.